The molecule has 0 saturated heterocycles. The lowest BCUT2D eigenvalue weighted by Gasteiger charge is -2.11. The van der Waals surface area contributed by atoms with Crippen LogP contribution in [0, 0.1) is 0 Å². The third-order valence-corrected chi connectivity index (χ3v) is 8.82. The SMILES string of the molecule is c1ccc(-c2cccc(-c3nc(-c4ccc5ccccc5c4)nc(-c4ccc5c6ccccc6n(-c6ccccc6)c5c4)n3)c2)cc1. The van der Waals surface area contributed by atoms with Gasteiger partial charge in [0.15, 0.2) is 17.5 Å². The standard InChI is InChI=1S/C43H28N4/c1-3-12-29(13-4-1)32-16-11-17-33(26-32)41-44-42(34-23-22-30-14-7-8-15-31(30)27-34)46-43(45-41)35-24-25-38-37-20-9-10-21-39(37)47(40(38)28-35)36-18-5-2-6-19-36/h1-28H. The van der Waals surface area contributed by atoms with E-state index in [2.05, 4.69) is 168 Å². The highest BCUT2D eigenvalue weighted by Crippen LogP contribution is 2.35. The quantitative estimate of drug-likeness (QED) is 0.197. The summed E-state index contributed by atoms with van der Waals surface area (Å²) in [5, 5.41) is 4.73. The van der Waals surface area contributed by atoms with Crippen molar-refractivity contribution in [3.8, 4) is 51.0 Å². The Morgan fingerprint density at radius 3 is 1.66 bits per heavy atom. The molecule has 2 aromatic heterocycles. The molecule has 4 heteroatoms. The Morgan fingerprint density at radius 2 is 0.872 bits per heavy atom. The van der Waals surface area contributed by atoms with Gasteiger partial charge >= 0.3 is 0 Å². The van der Waals surface area contributed by atoms with E-state index in [0.717, 1.165) is 49.9 Å². The third kappa shape index (κ3) is 4.84. The minimum atomic E-state index is 0.634. The van der Waals surface area contributed by atoms with E-state index >= 15 is 0 Å². The van der Waals surface area contributed by atoms with Gasteiger partial charge in [0, 0.05) is 33.2 Å². The molecule has 4 nitrogen and oxygen atoms in total. The maximum absolute atomic E-state index is 5.13. The summed E-state index contributed by atoms with van der Waals surface area (Å²) in [4.78, 5) is 15.3. The first-order chi connectivity index (χ1) is 23.3. The van der Waals surface area contributed by atoms with Crippen LogP contribution < -0.4 is 0 Å². The molecule has 9 rings (SSSR count). The molecule has 0 aliphatic rings. The van der Waals surface area contributed by atoms with Crippen LogP contribution in [0.2, 0.25) is 0 Å². The Bertz CT molecular complexity index is 2570. The van der Waals surface area contributed by atoms with E-state index in [1.165, 1.54) is 16.2 Å². The number of para-hydroxylation sites is 2. The van der Waals surface area contributed by atoms with Crippen LogP contribution in [0.1, 0.15) is 0 Å². The van der Waals surface area contributed by atoms with Crippen molar-refractivity contribution in [2.75, 3.05) is 0 Å². The van der Waals surface area contributed by atoms with Crippen LogP contribution in [0.25, 0.3) is 83.6 Å². The minimum Gasteiger partial charge on any atom is -0.309 e. The van der Waals surface area contributed by atoms with Crippen LogP contribution in [0.15, 0.2) is 170 Å². The monoisotopic (exact) mass is 600 g/mol. The van der Waals surface area contributed by atoms with Crippen molar-refractivity contribution in [1.82, 2.24) is 19.5 Å². The van der Waals surface area contributed by atoms with Crippen LogP contribution in [0.5, 0.6) is 0 Å². The Morgan fingerprint density at radius 1 is 0.319 bits per heavy atom. The first kappa shape index (κ1) is 27.0. The van der Waals surface area contributed by atoms with Crippen LogP contribution in [0.3, 0.4) is 0 Å². The van der Waals surface area contributed by atoms with Gasteiger partial charge in [-0.2, -0.15) is 0 Å². The van der Waals surface area contributed by atoms with Crippen molar-refractivity contribution < 1.29 is 0 Å². The lowest BCUT2D eigenvalue weighted by molar-refractivity contribution is 1.07. The molecule has 2 heterocycles. The second kappa shape index (κ2) is 11.2. The van der Waals surface area contributed by atoms with Crippen molar-refractivity contribution in [3.63, 3.8) is 0 Å². The van der Waals surface area contributed by atoms with Gasteiger partial charge in [-0.25, -0.2) is 15.0 Å². The average molecular weight is 601 g/mol. The molecule has 7 aromatic carbocycles. The fourth-order valence-electron chi connectivity index (χ4n) is 6.52. The molecule has 0 saturated carbocycles. The summed E-state index contributed by atoms with van der Waals surface area (Å²) in [5.74, 6) is 1.92. The van der Waals surface area contributed by atoms with Gasteiger partial charge < -0.3 is 4.57 Å². The summed E-state index contributed by atoms with van der Waals surface area (Å²) in [6.07, 6.45) is 0. The van der Waals surface area contributed by atoms with E-state index in [4.69, 9.17) is 15.0 Å². The molecule has 47 heavy (non-hydrogen) atoms. The largest absolute Gasteiger partial charge is 0.309 e. The zero-order valence-corrected chi connectivity index (χ0v) is 25.5. The molecule has 0 bridgehead atoms. The highest BCUT2D eigenvalue weighted by Gasteiger charge is 2.17. The number of hydrogen-bond donors (Lipinski definition) is 0. The van der Waals surface area contributed by atoms with Crippen molar-refractivity contribution in [3.05, 3.63) is 170 Å². The van der Waals surface area contributed by atoms with E-state index in [-0.39, 0.29) is 0 Å². The number of aromatic nitrogens is 4. The van der Waals surface area contributed by atoms with Gasteiger partial charge in [0.2, 0.25) is 0 Å². The smallest absolute Gasteiger partial charge is 0.164 e. The number of nitrogens with zero attached hydrogens (tertiary/aromatic N) is 4. The molecule has 0 radical (unpaired) electrons. The second-order valence-corrected chi connectivity index (χ2v) is 11.7. The van der Waals surface area contributed by atoms with E-state index in [1.807, 2.05) is 6.07 Å². The fraction of sp³-hybridized carbons (Fsp3) is 0. The molecule has 9 aromatic rings. The van der Waals surface area contributed by atoms with E-state index in [1.54, 1.807) is 0 Å². The van der Waals surface area contributed by atoms with Crippen LogP contribution in [0.4, 0.5) is 0 Å². The first-order valence-corrected chi connectivity index (χ1v) is 15.8. The topological polar surface area (TPSA) is 43.6 Å². The minimum absolute atomic E-state index is 0.634. The van der Waals surface area contributed by atoms with Crippen LogP contribution in [-0.2, 0) is 0 Å². The fourth-order valence-corrected chi connectivity index (χ4v) is 6.52. The van der Waals surface area contributed by atoms with Crippen molar-refractivity contribution in [1.29, 1.82) is 0 Å². The number of hydrogen-bond acceptors (Lipinski definition) is 3. The summed E-state index contributed by atoms with van der Waals surface area (Å²) < 4.78 is 2.32. The highest BCUT2D eigenvalue weighted by atomic mass is 15.0. The molecule has 0 amide bonds. The van der Waals surface area contributed by atoms with Crippen molar-refractivity contribution in [2.24, 2.45) is 0 Å². The number of rotatable bonds is 5. The summed E-state index contributed by atoms with van der Waals surface area (Å²) in [6.45, 7) is 0. The summed E-state index contributed by atoms with van der Waals surface area (Å²) in [7, 11) is 0. The van der Waals surface area contributed by atoms with Crippen LogP contribution >= 0.6 is 0 Å². The van der Waals surface area contributed by atoms with Gasteiger partial charge in [0.05, 0.1) is 11.0 Å². The molecule has 0 aliphatic carbocycles. The maximum atomic E-state index is 5.13. The number of fused-ring (bicyclic) bond motifs is 4. The molecule has 220 valence electrons. The maximum Gasteiger partial charge on any atom is 0.164 e. The van der Waals surface area contributed by atoms with Gasteiger partial charge in [-0.05, 0) is 58.3 Å². The number of benzene rings is 7. The Hall–Kier alpha value is -6.39. The van der Waals surface area contributed by atoms with Gasteiger partial charge in [-0.3, -0.25) is 0 Å². The first-order valence-electron chi connectivity index (χ1n) is 15.8. The zero-order chi connectivity index (χ0) is 31.2. The lowest BCUT2D eigenvalue weighted by atomic mass is 10.0. The normalized spacial score (nSPS) is 11.4. The summed E-state index contributed by atoms with van der Waals surface area (Å²) in [6, 6.07) is 59.2. The second-order valence-electron chi connectivity index (χ2n) is 11.7. The Balaban J connectivity index is 1.27. The van der Waals surface area contributed by atoms with Crippen LogP contribution in [-0.4, -0.2) is 19.5 Å². The van der Waals surface area contributed by atoms with Gasteiger partial charge in [-0.15, -0.1) is 0 Å². The highest BCUT2D eigenvalue weighted by molar-refractivity contribution is 6.10. The molecular weight excluding hydrogens is 573 g/mol. The van der Waals surface area contributed by atoms with Gasteiger partial charge in [0.1, 0.15) is 0 Å². The molecule has 0 unspecified atom stereocenters. The van der Waals surface area contributed by atoms with Gasteiger partial charge in [0.25, 0.3) is 0 Å². The van der Waals surface area contributed by atoms with Gasteiger partial charge in [-0.1, -0.05) is 133 Å². The van der Waals surface area contributed by atoms with E-state index < -0.39 is 0 Å². The predicted octanol–water partition coefficient (Wildman–Crippen LogP) is 10.8. The molecule has 0 atom stereocenters. The average Bonchev–Trinajstić information content (AvgIpc) is 3.49. The van der Waals surface area contributed by atoms with E-state index in [0.29, 0.717) is 17.5 Å². The lowest BCUT2D eigenvalue weighted by Crippen LogP contribution is -2.01. The molecule has 0 spiro atoms. The Labute approximate surface area is 272 Å². The third-order valence-electron chi connectivity index (χ3n) is 8.82. The molecular formula is C43H28N4. The van der Waals surface area contributed by atoms with Crippen molar-refractivity contribution >= 4 is 32.6 Å². The zero-order valence-electron chi connectivity index (χ0n) is 25.5. The summed E-state index contributed by atoms with van der Waals surface area (Å²) in [5.41, 5.74) is 8.48. The van der Waals surface area contributed by atoms with Crippen molar-refractivity contribution in [2.45, 2.75) is 0 Å². The molecule has 0 N–H and O–H groups in total. The molecule has 0 fully saturated rings. The van der Waals surface area contributed by atoms with E-state index in [9.17, 15) is 0 Å². The Kier molecular flexibility index (Phi) is 6.43. The predicted molar refractivity (Wildman–Crippen MR) is 193 cm³/mol. The molecule has 0 aliphatic heterocycles. The summed E-state index contributed by atoms with van der Waals surface area (Å²) >= 11 is 0.